The van der Waals surface area contributed by atoms with Crippen molar-refractivity contribution in [1.29, 1.82) is 10.5 Å². The average Bonchev–Trinajstić information content (AvgIpc) is 3.36. The third kappa shape index (κ3) is 2.57. The van der Waals surface area contributed by atoms with Crippen LogP contribution in [0.1, 0.15) is 0 Å². The zero-order valence-corrected chi connectivity index (χ0v) is 17.4. The number of aromatic nitrogens is 2. The zero-order valence-electron chi connectivity index (χ0n) is 14.0. The molecule has 30 heavy (non-hydrogen) atoms. The van der Waals surface area contributed by atoms with Crippen LogP contribution in [0.2, 0.25) is 0 Å². The van der Waals surface area contributed by atoms with Gasteiger partial charge >= 0.3 is 175 Å². The SMILES string of the molecule is [C-]#[N+]/C(C#N)=c1/nc2c(F)c(F)c3c4[se]/c(=C(\C#N)[N+]#[C-])nc4c(F)c(F)c3c2[se]1. The van der Waals surface area contributed by atoms with Crippen molar-refractivity contribution in [2.24, 2.45) is 0 Å². The van der Waals surface area contributed by atoms with Crippen LogP contribution in [0.4, 0.5) is 17.6 Å². The van der Waals surface area contributed by atoms with Gasteiger partial charge in [0.15, 0.2) is 0 Å². The van der Waals surface area contributed by atoms with Gasteiger partial charge in [-0.05, 0) is 0 Å². The van der Waals surface area contributed by atoms with E-state index >= 15 is 0 Å². The molecule has 0 N–H and O–H groups in total. The summed E-state index contributed by atoms with van der Waals surface area (Å²) in [5, 5.41) is 17.0. The maximum absolute atomic E-state index is 15.0. The molecule has 0 atom stereocenters. The number of hydrogen-bond acceptors (Lipinski definition) is 4. The van der Waals surface area contributed by atoms with E-state index in [1.165, 1.54) is 0 Å². The summed E-state index contributed by atoms with van der Waals surface area (Å²) in [6.07, 6.45) is 0. The standard InChI is InChI=1S/C18F4N6Se2/c1-25-5(3-23)17-27-13-11(21)10(20)8-7(15(13)29-17)9(19)12(22)14-16(8)30-18(28-14)6(4-24)26-2/b17-5-,18-6+. The molecular weight excluding hydrogens is 534 g/mol. The van der Waals surface area contributed by atoms with E-state index in [1.807, 2.05) is 0 Å². The molecule has 0 aliphatic carbocycles. The van der Waals surface area contributed by atoms with Gasteiger partial charge in [0.2, 0.25) is 0 Å². The van der Waals surface area contributed by atoms with Crippen molar-refractivity contribution in [3.63, 3.8) is 0 Å². The van der Waals surface area contributed by atoms with E-state index in [2.05, 4.69) is 19.7 Å². The van der Waals surface area contributed by atoms with Crippen molar-refractivity contribution < 1.29 is 17.6 Å². The molecule has 2 heterocycles. The normalized spacial score (nSPS) is 12.9. The molecule has 0 aliphatic heterocycles. The molecular formula is C18F4N6Se2. The van der Waals surface area contributed by atoms with Crippen molar-refractivity contribution in [2.75, 3.05) is 0 Å². The molecule has 0 saturated carbocycles. The molecule has 4 aromatic rings. The predicted octanol–water partition coefficient (Wildman–Crippen LogP) is 1.71. The van der Waals surface area contributed by atoms with Gasteiger partial charge in [-0.2, -0.15) is 0 Å². The fourth-order valence-corrected chi connectivity index (χ4v) is 7.17. The molecule has 6 nitrogen and oxygen atoms in total. The molecule has 0 fully saturated rings. The number of fused-ring (bicyclic) bond motifs is 5. The number of nitrogens with zero attached hydrogens (tertiary/aromatic N) is 6. The van der Waals surface area contributed by atoms with E-state index in [0.29, 0.717) is 0 Å². The van der Waals surface area contributed by atoms with Crippen LogP contribution in [0.5, 0.6) is 0 Å². The quantitative estimate of drug-likeness (QED) is 0.196. The minimum absolute atomic E-state index is 0.114. The molecule has 0 radical (unpaired) electrons. The average molecular weight is 534 g/mol. The van der Waals surface area contributed by atoms with Crippen LogP contribution >= 0.6 is 0 Å². The van der Waals surface area contributed by atoms with Crippen molar-refractivity contribution in [1.82, 2.24) is 9.97 Å². The van der Waals surface area contributed by atoms with E-state index in [9.17, 15) is 17.6 Å². The van der Waals surface area contributed by atoms with Crippen molar-refractivity contribution in [2.45, 2.75) is 0 Å². The molecule has 0 unspecified atom stereocenters. The zero-order chi connectivity index (χ0) is 21.7. The Balaban J connectivity index is 2.39. The molecule has 2 aromatic carbocycles. The Labute approximate surface area is 175 Å². The van der Waals surface area contributed by atoms with Crippen LogP contribution in [0, 0.1) is 59.1 Å². The third-order valence-electron chi connectivity index (χ3n) is 4.04. The summed E-state index contributed by atoms with van der Waals surface area (Å²) in [4.78, 5) is 13.5. The predicted molar refractivity (Wildman–Crippen MR) is 98.8 cm³/mol. The maximum atomic E-state index is 15.0. The Morgan fingerprint density at radius 2 is 1.10 bits per heavy atom. The van der Waals surface area contributed by atoms with Gasteiger partial charge in [-0.15, -0.1) is 0 Å². The molecule has 4 rings (SSSR count). The first-order valence-corrected chi connectivity index (χ1v) is 11.0. The van der Waals surface area contributed by atoms with Crippen LogP contribution in [-0.2, 0) is 0 Å². The van der Waals surface area contributed by atoms with Crippen molar-refractivity contribution in [3.05, 3.63) is 54.5 Å². The van der Waals surface area contributed by atoms with Gasteiger partial charge in [-0.25, -0.2) is 0 Å². The van der Waals surface area contributed by atoms with E-state index in [4.69, 9.17) is 23.7 Å². The van der Waals surface area contributed by atoms with Gasteiger partial charge in [0.05, 0.1) is 0 Å². The first-order chi connectivity index (χ1) is 14.4. The second-order valence-electron chi connectivity index (χ2n) is 5.54. The van der Waals surface area contributed by atoms with Crippen LogP contribution in [-0.4, -0.2) is 39.0 Å². The van der Waals surface area contributed by atoms with E-state index in [1.54, 1.807) is 12.1 Å². The fourth-order valence-electron chi connectivity index (χ4n) is 2.79. The number of halogens is 4. The van der Waals surface area contributed by atoms with Gasteiger partial charge < -0.3 is 0 Å². The summed E-state index contributed by atoms with van der Waals surface area (Å²) in [5.74, 6) is -5.77. The Bertz CT molecular complexity index is 1580. The van der Waals surface area contributed by atoms with Gasteiger partial charge in [-0.3, -0.25) is 0 Å². The van der Waals surface area contributed by atoms with Crippen LogP contribution in [0.15, 0.2) is 0 Å². The third-order valence-corrected chi connectivity index (χ3v) is 8.57. The molecule has 2 aromatic heterocycles. The van der Waals surface area contributed by atoms with E-state index in [-0.39, 0.29) is 17.0 Å². The van der Waals surface area contributed by atoms with Crippen LogP contribution in [0.3, 0.4) is 0 Å². The van der Waals surface area contributed by atoms with E-state index in [0.717, 1.165) is 0 Å². The molecule has 0 saturated heterocycles. The van der Waals surface area contributed by atoms with Crippen LogP contribution < -0.4 is 8.45 Å². The molecule has 0 bridgehead atoms. The topological polar surface area (TPSA) is 82.1 Å². The second kappa shape index (κ2) is 7.08. The van der Waals surface area contributed by atoms with Crippen molar-refractivity contribution >= 4 is 70.7 Å². The Hall–Kier alpha value is -3.50. The summed E-state index contributed by atoms with van der Waals surface area (Å²) >= 11 is -2.09. The number of hydrogen-bond donors (Lipinski definition) is 0. The van der Waals surface area contributed by atoms with Gasteiger partial charge in [0.1, 0.15) is 0 Å². The molecule has 0 amide bonds. The summed E-state index contributed by atoms with van der Waals surface area (Å²) < 4.78 is 59.0. The summed E-state index contributed by atoms with van der Waals surface area (Å²) in [7, 11) is 0. The monoisotopic (exact) mass is 536 g/mol. The first kappa shape index (κ1) is 19.8. The van der Waals surface area contributed by atoms with Crippen LogP contribution in [0.25, 0.3) is 51.4 Å². The number of nitriles is 2. The van der Waals surface area contributed by atoms with Gasteiger partial charge in [-0.1, -0.05) is 0 Å². The molecule has 0 aliphatic rings. The molecule has 0 spiro atoms. The number of benzene rings is 2. The van der Waals surface area contributed by atoms with E-state index < -0.39 is 85.5 Å². The number of rotatable bonds is 0. The fraction of sp³-hybridized carbons (Fsp3) is 0. The minimum atomic E-state index is -1.47. The Kier molecular flexibility index (Phi) is 4.67. The summed E-state index contributed by atoms with van der Waals surface area (Å²) in [6, 6.07) is 3.19. The summed E-state index contributed by atoms with van der Waals surface area (Å²) in [5.41, 5.74) is -2.02. The molecule has 12 heteroatoms. The summed E-state index contributed by atoms with van der Waals surface area (Å²) in [6.45, 7) is 14.0. The van der Waals surface area contributed by atoms with Crippen molar-refractivity contribution in [3.8, 4) is 12.1 Å². The molecule has 142 valence electrons. The Morgan fingerprint density at radius 3 is 1.40 bits per heavy atom. The van der Waals surface area contributed by atoms with Gasteiger partial charge in [0, 0.05) is 0 Å². The Morgan fingerprint density at radius 1 is 0.733 bits per heavy atom. The van der Waals surface area contributed by atoms with Gasteiger partial charge in [0.25, 0.3) is 0 Å². The second-order valence-corrected chi connectivity index (χ2v) is 9.74. The first-order valence-electron chi connectivity index (χ1n) is 7.56.